The van der Waals surface area contributed by atoms with Crippen molar-refractivity contribution >= 4 is 65.4 Å². The van der Waals surface area contributed by atoms with E-state index in [4.69, 9.17) is 15.0 Å². The summed E-state index contributed by atoms with van der Waals surface area (Å²) in [5.74, 6) is 1.80. The first kappa shape index (κ1) is 38.8. The van der Waals surface area contributed by atoms with Crippen LogP contribution in [-0.2, 0) is 0 Å². The topological polar surface area (TPSA) is 66.3 Å². The van der Waals surface area contributed by atoms with E-state index in [-0.39, 0.29) is 0 Å². The zero-order valence-electron chi connectivity index (χ0n) is 37.1. The monoisotopic (exact) mass is 881 g/mol. The molecule has 0 radical (unpaired) electrons. The second kappa shape index (κ2) is 15.6. The largest absolute Gasteiger partial charge is 0.309 e. The summed E-state index contributed by atoms with van der Waals surface area (Å²) in [5, 5.41) is 7.21. The maximum Gasteiger partial charge on any atom is 0.164 e. The normalized spacial score (nSPS) is 11.8. The smallest absolute Gasteiger partial charge is 0.164 e. The molecular weight excluding hydrogens is 843 g/mol. The first-order valence-corrected chi connectivity index (χ1v) is 23.2. The molecule has 7 heteroatoms. The van der Waals surface area contributed by atoms with Crippen molar-refractivity contribution in [2.75, 3.05) is 0 Å². The molecule has 69 heavy (non-hydrogen) atoms. The molecule has 5 heterocycles. The van der Waals surface area contributed by atoms with E-state index >= 15 is 0 Å². The fourth-order valence-electron chi connectivity index (χ4n) is 10.5. The highest BCUT2D eigenvalue weighted by atomic mass is 15.0. The second-order valence-corrected chi connectivity index (χ2v) is 17.5. The molecule has 0 saturated carbocycles. The minimum atomic E-state index is 0.583. The van der Waals surface area contributed by atoms with Gasteiger partial charge in [0.15, 0.2) is 17.5 Å². The first-order valence-electron chi connectivity index (χ1n) is 23.2. The minimum absolute atomic E-state index is 0.583. The Morgan fingerprint density at radius 2 is 0.609 bits per heavy atom. The molecular formula is C62H39N7. The summed E-state index contributed by atoms with van der Waals surface area (Å²) in [4.78, 5) is 19.9. The van der Waals surface area contributed by atoms with Gasteiger partial charge < -0.3 is 13.7 Å². The molecule has 0 atom stereocenters. The van der Waals surface area contributed by atoms with E-state index in [1.165, 1.54) is 43.6 Å². The van der Waals surface area contributed by atoms with E-state index in [0.29, 0.717) is 17.5 Å². The van der Waals surface area contributed by atoms with Crippen LogP contribution < -0.4 is 0 Å². The Labute approximate surface area is 396 Å². The van der Waals surface area contributed by atoms with Crippen LogP contribution in [0.1, 0.15) is 0 Å². The van der Waals surface area contributed by atoms with Crippen LogP contribution in [0.2, 0.25) is 0 Å². The molecule has 14 aromatic rings. The van der Waals surface area contributed by atoms with Crippen LogP contribution in [0.4, 0.5) is 0 Å². The molecule has 0 spiro atoms. The molecule has 0 fully saturated rings. The fourth-order valence-corrected chi connectivity index (χ4v) is 10.5. The Morgan fingerprint density at radius 1 is 0.246 bits per heavy atom. The third-order valence-electron chi connectivity index (χ3n) is 13.6. The van der Waals surface area contributed by atoms with Crippen molar-refractivity contribution in [1.82, 2.24) is 33.6 Å². The van der Waals surface area contributed by atoms with Crippen LogP contribution in [0.3, 0.4) is 0 Å². The van der Waals surface area contributed by atoms with Crippen molar-refractivity contribution in [1.29, 1.82) is 0 Å². The van der Waals surface area contributed by atoms with Gasteiger partial charge in [-0.05, 0) is 96.1 Å². The van der Waals surface area contributed by atoms with E-state index < -0.39 is 0 Å². The number of rotatable bonds is 7. The second-order valence-electron chi connectivity index (χ2n) is 17.5. The van der Waals surface area contributed by atoms with E-state index in [9.17, 15) is 0 Å². The summed E-state index contributed by atoms with van der Waals surface area (Å²) in [6.07, 6.45) is 3.67. The molecule has 0 aliphatic carbocycles. The van der Waals surface area contributed by atoms with Gasteiger partial charge in [-0.1, -0.05) is 140 Å². The van der Waals surface area contributed by atoms with Crippen molar-refractivity contribution in [2.45, 2.75) is 0 Å². The number of hydrogen-bond donors (Lipinski definition) is 0. The lowest BCUT2D eigenvalue weighted by Gasteiger charge is -2.16. The molecule has 322 valence electrons. The maximum atomic E-state index is 5.26. The molecule has 0 aliphatic heterocycles. The molecule has 5 aromatic heterocycles. The SMILES string of the molecule is c1ccc(-c2nc(-c3ccccc3)nc(-c3cc(-n4c5ccc(-n6c7ccccc7c7ccccc76)cc5c5cc(-n6c7ccccc7c7ccccc76)ccc54)ccc3-c3ccncc3)n2)cc1. The Hall–Kier alpha value is -9.46. The van der Waals surface area contributed by atoms with E-state index in [1.54, 1.807) is 0 Å². The summed E-state index contributed by atoms with van der Waals surface area (Å²) in [6.45, 7) is 0. The maximum absolute atomic E-state index is 5.26. The number of nitrogens with zero attached hydrogens (tertiary/aromatic N) is 7. The van der Waals surface area contributed by atoms with E-state index in [2.05, 4.69) is 170 Å². The van der Waals surface area contributed by atoms with Gasteiger partial charge in [0.25, 0.3) is 0 Å². The average Bonchev–Trinajstić information content (AvgIpc) is 4.06. The molecule has 14 rings (SSSR count). The number of pyridine rings is 1. The summed E-state index contributed by atoms with van der Waals surface area (Å²) in [5.41, 5.74) is 14.8. The Balaban J connectivity index is 1.05. The van der Waals surface area contributed by atoms with Crippen molar-refractivity contribution in [3.05, 3.63) is 237 Å². The van der Waals surface area contributed by atoms with Crippen LogP contribution in [0.15, 0.2) is 237 Å². The molecule has 0 aliphatic rings. The highest BCUT2D eigenvalue weighted by Gasteiger charge is 2.22. The first-order chi connectivity index (χ1) is 34.2. The summed E-state index contributed by atoms with van der Waals surface area (Å²) in [7, 11) is 0. The molecule has 0 N–H and O–H groups in total. The third kappa shape index (κ3) is 6.21. The summed E-state index contributed by atoms with van der Waals surface area (Å²) in [6, 6.07) is 79.7. The molecule has 0 bridgehead atoms. The Morgan fingerprint density at radius 3 is 1.06 bits per heavy atom. The average molecular weight is 882 g/mol. The van der Waals surface area contributed by atoms with Gasteiger partial charge in [-0.25, -0.2) is 15.0 Å². The van der Waals surface area contributed by atoms with Gasteiger partial charge in [-0.15, -0.1) is 0 Å². The number of benzene rings is 9. The molecule has 9 aromatic carbocycles. The quantitative estimate of drug-likeness (QED) is 0.160. The summed E-state index contributed by atoms with van der Waals surface area (Å²) < 4.78 is 7.20. The zero-order valence-corrected chi connectivity index (χ0v) is 37.1. The van der Waals surface area contributed by atoms with Crippen LogP contribution in [0.25, 0.3) is 128 Å². The van der Waals surface area contributed by atoms with Crippen molar-refractivity contribution in [2.24, 2.45) is 0 Å². The lowest BCUT2D eigenvalue weighted by Crippen LogP contribution is -2.02. The van der Waals surface area contributed by atoms with Crippen molar-refractivity contribution in [3.63, 3.8) is 0 Å². The number of hydrogen-bond acceptors (Lipinski definition) is 4. The zero-order chi connectivity index (χ0) is 45.4. The predicted octanol–water partition coefficient (Wildman–Crippen LogP) is 15.2. The fraction of sp³-hybridized carbons (Fsp3) is 0. The van der Waals surface area contributed by atoms with E-state index in [0.717, 1.165) is 66.7 Å². The number of para-hydroxylation sites is 4. The highest BCUT2D eigenvalue weighted by molar-refractivity contribution is 6.14. The van der Waals surface area contributed by atoms with Gasteiger partial charge in [0, 0.05) is 78.5 Å². The number of fused-ring (bicyclic) bond motifs is 9. The minimum Gasteiger partial charge on any atom is -0.309 e. The standard InChI is InChI=1S/C62H39N7/c1-3-15-41(16-4-1)60-64-61(42-17-5-2-6-18-42)66-62(65-60)53-39-43(27-30-46(53)40-33-35-63-36-34-40)69-58-31-28-44(67-54-23-11-7-19-47(54)48-20-8-12-24-55(48)67)37-51(58)52-38-45(29-32-59(52)69)68-56-25-13-9-21-49(56)50-22-10-14-26-57(50)68/h1-39H. The van der Waals surface area contributed by atoms with Gasteiger partial charge >= 0.3 is 0 Å². The van der Waals surface area contributed by atoms with Crippen molar-refractivity contribution in [3.8, 4) is 62.4 Å². The number of aromatic nitrogens is 7. The molecule has 0 unspecified atom stereocenters. The molecule has 0 amide bonds. The lowest BCUT2D eigenvalue weighted by atomic mass is 9.99. The third-order valence-corrected chi connectivity index (χ3v) is 13.6. The predicted molar refractivity (Wildman–Crippen MR) is 282 cm³/mol. The van der Waals surface area contributed by atoms with Crippen LogP contribution >= 0.6 is 0 Å². The molecule has 0 saturated heterocycles. The lowest BCUT2D eigenvalue weighted by molar-refractivity contribution is 1.07. The highest BCUT2D eigenvalue weighted by Crippen LogP contribution is 2.41. The van der Waals surface area contributed by atoms with Gasteiger partial charge in [0.1, 0.15) is 0 Å². The van der Waals surface area contributed by atoms with Crippen LogP contribution in [0, 0.1) is 0 Å². The van der Waals surface area contributed by atoms with Gasteiger partial charge in [0.05, 0.1) is 33.1 Å². The Bertz CT molecular complexity index is 3970. The van der Waals surface area contributed by atoms with Crippen LogP contribution in [0.5, 0.6) is 0 Å². The molecule has 7 nitrogen and oxygen atoms in total. The van der Waals surface area contributed by atoms with Gasteiger partial charge in [-0.2, -0.15) is 0 Å². The van der Waals surface area contributed by atoms with Gasteiger partial charge in [0.2, 0.25) is 0 Å². The summed E-state index contributed by atoms with van der Waals surface area (Å²) >= 11 is 0. The van der Waals surface area contributed by atoms with Crippen molar-refractivity contribution < 1.29 is 0 Å². The van der Waals surface area contributed by atoms with Crippen LogP contribution in [-0.4, -0.2) is 33.6 Å². The van der Waals surface area contributed by atoms with Gasteiger partial charge in [-0.3, -0.25) is 4.98 Å². The Kier molecular flexibility index (Phi) is 8.75. The van der Waals surface area contributed by atoms with E-state index in [1.807, 2.05) is 85.2 Å².